The van der Waals surface area contributed by atoms with Gasteiger partial charge in [-0.1, -0.05) is 26.0 Å². The van der Waals surface area contributed by atoms with E-state index in [1.54, 1.807) is 7.11 Å². The summed E-state index contributed by atoms with van der Waals surface area (Å²) in [5, 5.41) is 0. The van der Waals surface area contributed by atoms with Crippen LogP contribution < -0.4 is 18.9 Å². The zero-order valence-electron chi connectivity index (χ0n) is 17.9. The molecule has 2 aromatic carbocycles. The number of hydrogen-bond acceptors (Lipinski definition) is 5. The van der Waals surface area contributed by atoms with E-state index < -0.39 is 0 Å². The molecule has 0 aliphatic carbocycles. The standard InChI is InChI=1S/C22H25NO4.C2H6/c1-22(23-8-3-4-9-23)13-18(15-6-5-7-16(10-15)24-2)17-11-20-21(26-14-25-20)12-19(17)27-22;1-2/h5-7,10-12,18H,3-4,8-9,13-14H2,1-2H3;1-2H3. The highest BCUT2D eigenvalue weighted by Crippen LogP contribution is 2.50. The highest BCUT2D eigenvalue weighted by Gasteiger charge is 2.44. The van der Waals surface area contributed by atoms with Crippen LogP contribution in [0.15, 0.2) is 36.4 Å². The normalized spacial score (nSPS) is 24.9. The third-order valence-corrected chi connectivity index (χ3v) is 6.06. The minimum atomic E-state index is -0.328. The Morgan fingerprint density at radius 2 is 1.72 bits per heavy atom. The Morgan fingerprint density at radius 1 is 1.00 bits per heavy atom. The summed E-state index contributed by atoms with van der Waals surface area (Å²) in [6, 6.07) is 12.4. The number of methoxy groups -OCH3 is 1. The molecule has 3 aliphatic rings. The topological polar surface area (TPSA) is 40.2 Å². The first-order chi connectivity index (χ1) is 14.2. The zero-order chi connectivity index (χ0) is 20.4. The number of fused-ring (bicyclic) bond motifs is 2. The average Bonchev–Trinajstić information content (AvgIpc) is 3.45. The van der Waals surface area contributed by atoms with Gasteiger partial charge in [-0.05, 0) is 43.5 Å². The highest BCUT2D eigenvalue weighted by molar-refractivity contribution is 5.56. The Labute approximate surface area is 173 Å². The Morgan fingerprint density at radius 3 is 2.45 bits per heavy atom. The van der Waals surface area contributed by atoms with Gasteiger partial charge in [-0.2, -0.15) is 0 Å². The zero-order valence-corrected chi connectivity index (χ0v) is 17.9. The minimum absolute atomic E-state index is 0.212. The summed E-state index contributed by atoms with van der Waals surface area (Å²) in [5.74, 6) is 3.56. The molecule has 2 aromatic rings. The molecule has 0 saturated carbocycles. The second-order valence-electron chi connectivity index (χ2n) is 7.75. The van der Waals surface area contributed by atoms with Gasteiger partial charge < -0.3 is 18.9 Å². The van der Waals surface area contributed by atoms with Crippen LogP contribution in [0.4, 0.5) is 0 Å². The number of likely N-dealkylation sites (tertiary alicyclic amines) is 1. The monoisotopic (exact) mass is 397 g/mol. The van der Waals surface area contributed by atoms with E-state index in [1.165, 1.54) is 18.4 Å². The van der Waals surface area contributed by atoms with Crippen LogP contribution in [0.3, 0.4) is 0 Å². The molecule has 2 atom stereocenters. The lowest BCUT2D eigenvalue weighted by Gasteiger charge is -2.45. The molecule has 29 heavy (non-hydrogen) atoms. The highest BCUT2D eigenvalue weighted by atomic mass is 16.7. The second kappa shape index (κ2) is 8.15. The molecule has 156 valence electrons. The van der Waals surface area contributed by atoms with Gasteiger partial charge in [0.15, 0.2) is 17.2 Å². The molecule has 5 nitrogen and oxygen atoms in total. The van der Waals surface area contributed by atoms with E-state index in [0.717, 1.165) is 48.1 Å². The molecule has 3 heterocycles. The maximum absolute atomic E-state index is 6.60. The average molecular weight is 398 g/mol. The number of rotatable bonds is 3. The van der Waals surface area contributed by atoms with Crippen molar-refractivity contribution in [1.29, 1.82) is 0 Å². The van der Waals surface area contributed by atoms with E-state index >= 15 is 0 Å². The Kier molecular flexibility index (Phi) is 5.59. The van der Waals surface area contributed by atoms with Gasteiger partial charge in [0.05, 0.1) is 7.11 Å². The van der Waals surface area contributed by atoms with Crippen LogP contribution in [-0.2, 0) is 0 Å². The van der Waals surface area contributed by atoms with E-state index in [9.17, 15) is 0 Å². The predicted molar refractivity (Wildman–Crippen MR) is 113 cm³/mol. The number of ether oxygens (including phenoxy) is 4. The lowest BCUT2D eigenvalue weighted by molar-refractivity contribution is -0.0768. The van der Waals surface area contributed by atoms with E-state index in [1.807, 2.05) is 26.0 Å². The predicted octanol–water partition coefficient (Wildman–Crippen LogP) is 5.18. The van der Waals surface area contributed by atoms with Crippen LogP contribution in [0.25, 0.3) is 0 Å². The summed E-state index contributed by atoms with van der Waals surface area (Å²) < 4.78 is 23.3. The number of benzene rings is 2. The molecule has 0 bridgehead atoms. The maximum Gasteiger partial charge on any atom is 0.231 e. The molecule has 0 spiro atoms. The van der Waals surface area contributed by atoms with Crippen LogP contribution in [0.1, 0.15) is 57.1 Å². The van der Waals surface area contributed by atoms with Crippen molar-refractivity contribution in [1.82, 2.24) is 4.90 Å². The first-order valence-electron chi connectivity index (χ1n) is 10.7. The third-order valence-electron chi connectivity index (χ3n) is 6.06. The molecule has 2 unspecified atom stereocenters. The lowest BCUT2D eigenvalue weighted by atomic mass is 9.81. The van der Waals surface area contributed by atoms with Crippen LogP contribution >= 0.6 is 0 Å². The first kappa shape index (κ1) is 19.9. The SMILES string of the molecule is CC.COc1cccc(C2CC(C)(N3CCCC3)Oc3cc4c(cc32)OCO4)c1. The van der Waals surface area contributed by atoms with Crippen molar-refractivity contribution >= 4 is 0 Å². The van der Waals surface area contributed by atoms with E-state index in [2.05, 4.69) is 36.1 Å². The number of hydrogen-bond donors (Lipinski definition) is 0. The van der Waals surface area contributed by atoms with Crippen LogP contribution in [0, 0.1) is 0 Å². The molecule has 1 fully saturated rings. The van der Waals surface area contributed by atoms with Gasteiger partial charge in [-0.3, -0.25) is 4.90 Å². The summed E-state index contributed by atoms with van der Waals surface area (Å²) in [5.41, 5.74) is 2.07. The molecule has 3 aliphatic heterocycles. The Hall–Kier alpha value is -2.40. The molecule has 5 heteroatoms. The van der Waals surface area contributed by atoms with Crippen molar-refractivity contribution in [3.8, 4) is 23.0 Å². The maximum atomic E-state index is 6.60. The van der Waals surface area contributed by atoms with Crippen LogP contribution in [0.2, 0.25) is 0 Å². The van der Waals surface area contributed by atoms with Gasteiger partial charge in [-0.15, -0.1) is 0 Å². The van der Waals surface area contributed by atoms with Crippen molar-refractivity contribution in [2.24, 2.45) is 0 Å². The fourth-order valence-electron chi connectivity index (χ4n) is 4.61. The van der Waals surface area contributed by atoms with Crippen molar-refractivity contribution in [3.05, 3.63) is 47.5 Å². The molecule has 0 N–H and O–H groups in total. The smallest absolute Gasteiger partial charge is 0.231 e. The molecular weight excluding hydrogens is 366 g/mol. The van der Waals surface area contributed by atoms with Crippen molar-refractivity contribution in [3.63, 3.8) is 0 Å². The lowest BCUT2D eigenvalue weighted by Crippen LogP contribution is -2.52. The quantitative estimate of drug-likeness (QED) is 0.714. The molecule has 0 radical (unpaired) electrons. The molecule has 5 rings (SSSR count). The van der Waals surface area contributed by atoms with Crippen LogP contribution in [0.5, 0.6) is 23.0 Å². The van der Waals surface area contributed by atoms with E-state index in [-0.39, 0.29) is 18.4 Å². The van der Waals surface area contributed by atoms with Gasteiger partial charge in [0.1, 0.15) is 11.5 Å². The van der Waals surface area contributed by atoms with Gasteiger partial charge in [0.25, 0.3) is 0 Å². The molecule has 0 amide bonds. The van der Waals surface area contributed by atoms with Gasteiger partial charge in [-0.25, -0.2) is 0 Å². The fraction of sp³-hybridized carbons (Fsp3) is 0.500. The van der Waals surface area contributed by atoms with Crippen LogP contribution in [-0.4, -0.2) is 37.6 Å². The summed E-state index contributed by atoms with van der Waals surface area (Å²) in [4.78, 5) is 2.48. The largest absolute Gasteiger partial charge is 0.497 e. The Balaban J connectivity index is 0.000000994. The van der Waals surface area contributed by atoms with Crippen molar-refractivity contribution in [2.75, 3.05) is 27.0 Å². The first-order valence-corrected chi connectivity index (χ1v) is 10.7. The van der Waals surface area contributed by atoms with Crippen molar-refractivity contribution in [2.45, 2.75) is 51.7 Å². The van der Waals surface area contributed by atoms with Gasteiger partial charge >= 0.3 is 0 Å². The van der Waals surface area contributed by atoms with Crippen molar-refractivity contribution < 1.29 is 18.9 Å². The summed E-state index contributed by atoms with van der Waals surface area (Å²) in [6.45, 7) is 8.66. The summed E-state index contributed by atoms with van der Waals surface area (Å²) in [6.07, 6.45) is 3.36. The van der Waals surface area contributed by atoms with Gasteiger partial charge in [0, 0.05) is 37.1 Å². The fourth-order valence-corrected chi connectivity index (χ4v) is 4.61. The molecular formula is C24H31NO4. The number of nitrogens with zero attached hydrogens (tertiary/aromatic N) is 1. The summed E-state index contributed by atoms with van der Waals surface area (Å²) in [7, 11) is 1.71. The summed E-state index contributed by atoms with van der Waals surface area (Å²) >= 11 is 0. The minimum Gasteiger partial charge on any atom is -0.497 e. The van der Waals surface area contributed by atoms with E-state index in [0.29, 0.717) is 0 Å². The second-order valence-corrected chi connectivity index (χ2v) is 7.75. The third kappa shape index (κ3) is 3.64. The Bertz CT molecular complexity index is 862. The molecule has 0 aromatic heterocycles. The van der Waals surface area contributed by atoms with E-state index in [4.69, 9.17) is 18.9 Å². The molecule has 1 saturated heterocycles. The van der Waals surface area contributed by atoms with Gasteiger partial charge in [0.2, 0.25) is 6.79 Å².